The van der Waals surface area contributed by atoms with E-state index in [-0.39, 0.29) is 4.90 Å². The average molecular weight is 349 g/mol. The molecule has 0 saturated carbocycles. The van der Waals surface area contributed by atoms with Crippen LogP contribution < -0.4 is 10.5 Å². The van der Waals surface area contributed by atoms with Crippen LogP contribution >= 0.6 is 15.9 Å². The lowest BCUT2D eigenvalue weighted by Crippen LogP contribution is -2.51. The molecule has 0 aliphatic carbocycles. The van der Waals surface area contributed by atoms with Gasteiger partial charge in [0.2, 0.25) is 15.9 Å². The molecular formula is C12H17BrN2O3S. The number of hydrogen-bond acceptors (Lipinski definition) is 3. The van der Waals surface area contributed by atoms with Gasteiger partial charge in [0, 0.05) is 4.47 Å². The highest BCUT2D eigenvalue weighted by molar-refractivity contribution is 9.10. The fraction of sp³-hybridized carbons (Fsp3) is 0.417. The molecule has 1 aromatic carbocycles. The fourth-order valence-corrected chi connectivity index (χ4v) is 3.53. The van der Waals surface area contributed by atoms with Gasteiger partial charge in [0.1, 0.15) is 6.04 Å². The molecule has 1 aromatic rings. The second-order valence-corrected chi connectivity index (χ2v) is 7.91. The van der Waals surface area contributed by atoms with E-state index in [1.807, 2.05) is 0 Å². The Morgan fingerprint density at radius 1 is 1.37 bits per heavy atom. The van der Waals surface area contributed by atoms with Gasteiger partial charge in [-0.15, -0.1) is 0 Å². The van der Waals surface area contributed by atoms with Crippen molar-refractivity contribution < 1.29 is 13.2 Å². The van der Waals surface area contributed by atoms with Crippen LogP contribution in [0.25, 0.3) is 0 Å². The summed E-state index contributed by atoms with van der Waals surface area (Å²) in [5.41, 5.74) is 4.66. The number of carbonyl (C=O) groups is 1. The topological polar surface area (TPSA) is 89.3 Å². The van der Waals surface area contributed by atoms with Crippen molar-refractivity contribution in [1.29, 1.82) is 0 Å². The molecule has 0 bridgehead atoms. The van der Waals surface area contributed by atoms with Gasteiger partial charge in [-0.1, -0.05) is 42.8 Å². The van der Waals surface area contributed by atoms with E-state index in [1.54, 1.807) is 32.9 Å². The Labute approximate surface area is 121 Å². The summed E-state index contributed by atoms with van der Waals surface area (Å²) in [6.07, 6.45) is 0. The summed E-state index contributed by atoms with van der Waals surface area (Å²) >= 11 is 3.21. The molecule has 0 heterocycles. The maximum atomic E-state index is 12.2. The summed E-state index contributed by atoms with van der Waals surface area (Å²) in [4.78, 5) is 11.5. The average Bonchev–Trinajstić information content (AvgIpc) is 2.24. The number of halogens is 1. The van der Waals surface area contributed by atoms with Crippen LogP contribution in [0.5, 0.6) is 0 Å². The van der Waals surface area contributed by atoms with Gasteiger partial charge in [-0.05, 0) is 23.6 Å². The predicted molar refractivity (Wildman–Crippen MR) is 76.9 cm³/mol. The Bertz CT molecular complexity index is 579. The van der Waals surface area contributed by atoms with E-state index in [2.05, 4.69) is 20.7 Å². The number of sulfonamides is 1. The van der Waals surface area contributed by atoms with E-state index in [4.69, 9.17) is 5.73 Å². The summed E-state index contributed by atoms with van der Waals surface area (Å²) in [5.74, 6) is -0.703. The van der Waals surface area contributed by atoms with Crippen LogP contribution in [0.15, 0.2) is 33.6 Å². The molecule has 1 unspecified atom stereocenters. The first kappa shape index (κ1) is 16.1. The van der Waals surface area contributed by atoms with Crippen molar-refractivity contribution in [2.75, 3.05) is 0 Å². The molecule has 7 heteroatoms. The molecule has 19 heavy (non-hydrogen) atoms. The van der Waals surface area contributed by atoms with Crippen LogP contribution in [0.1, 0.15) is 20.8 Å². The van der Waals surface area contributed by atoms with Gasteiger partial charge in [0.25, 0.3) is 0 Å². The van der Waals surface area contributed by atoms with Gasteiger partial charge in [-0.25, -0.2) is 8.42 Å². The third-order valence-electron chi connectivity index (χ3n) is 2.53. The molecule has 1 amide bonds. The van der Waals surface area contributed by atoms with Crippen LogP contribution in [-0.4, -0.2) is 20.4 Å². The predicted octanol–water partition coefficient (Wildman–Crippen LogP) is 1.63. The number of rotatable bonds is 4. The van der Waals surface area contributed by atoms with Crippen molar-refractivity contribution in [3.8, 4) is 0 Å². The second-order valence-electron chi connectivity index (χ2n) is 5.28. The molecule has 106 valence electrons. The van der Waals surface area contributed by atoms with Gasteiger partial charge in [-0.2, -0.15) is 4.72 Å². The number of carbonyl (C=O) groups excluding carboxylic acids is 1. The summed E-state index contributed by atoms with van der Waals surface area (Å²) in [6.45, 7) is 5.23. The van der Waals surface area contributed by atoms with Crippen LogP contribution in [-0.2, 0) is 14.8 Å². The lowest BCUT2D eigenvalue weighted by Gasteiger charge is -2.28. The van der Waals surface area contributed by atoms with Crippen LogP contribution in [0.2, 0.25) is 0 Å². The highest BCUT2D eigenvalue weighted by Gasteiger charge is 2.33. The molecule has 1 rings (SSSR count). The zero-order valence-corrected chi connectivity index (χ0v) is 13.4. The largest absolute Gasteiger partial charge is 0.368 e. The lowest BCUT2D eigenvalue weighted by atomic mass is 9.87. The monoisotopic (exact) mass is 348 g/mol. The molecule has 3 N–H and O–H groups in total. The van der Waals surface area contributed by atoms with E-state index >= 15 is 0 Å². The number of hydrogen-bond donors (Lipinski definition) is 2. The van der Waals surface area contributed by atoms with E-state index < -0.39 is 27.4 Å². The number of benzene rings is 1. The first-order valence-corrected chi connectivity index (χ1v) is 7.89. The highest BCUT2D eigenvalue weighted by atomic mass is 79.9. The third kappa shape index (κ3) is 4.29. The lowest BCUT2D eigenvalue weighted by molar-refractivity contribution is -0.121. The summed E-state index contributed by atoms with van der Waals surface area (Å²) in [7, 11) is -3.79. The standard InChI is InChI=1S/C12H17BrN2O3S/c1-12(2,3)10(11(14)16)15-19(17,18)9-6-4-5-8(13)7-9/h4-7,10,15H,1-3H3,(H2,14,16). The van der Waals surface area contributed by atoms with Crippen LogP contribution in [0, 0.1) is 5.41 Å². The molecule has 0 aliphatic heterocycles. The van der Waals surface area contributed by atoms with Crippen molar-refractivity contribution in [2.24, 2.45) is 11.1 Å². The molecule has 0 fully saturated rings. The first-order valence-electron chi connectivity index (χ1n) is 5.61. The smallest absolute Gasteiger partial charge is 0.241 e. The minimum atomic E-state index is -3.79. The van der Waals surface area contributed by atoms with Crippen molar-refractivity contribution >= 4 is 31.9 Å². The van der Waals surface area contributed by atoms with E-state index in [9.17, 15) is 13.2 Å². The van der Waals surface area contributed by atoms with E-state index in [1.165, 1.54) is 12.1 Å². The van der Waals surface area contributed by atoms with Gasteiger partial charge < -0.3 is 5.73 Å². The molecule has 0 aliphatic rings. The quantitative estimate of drug-likeness (QED) is 0.866. The molecule has 0 spiro atoms. The molecule has 0 radical (unpaired) electrons. The highest BCUT2D eigenvalue weighted by Crippen LogP contribution is 2.22. The number of nitrogens with two attached hydrogens (primary N) is 1. The molecular weight excluding hydrogens is 332 g/mol. The molecule has 0 saturated heterocycles. The van der Waals surface area contributed by atoms with E-state index in [0.29, 0.717) is 4.47 Å². The van der Waals surface area contributed by atoms with Crippen molar-refractivity contribution in [1.82, 2.24) is 4.72 Å². The minimum Gasteiger partial charge on any atom is -0.368 e. The maximum Gasteiger partial charge on any atom is 0.241 e. The van der Waals surface area contributed by atoms with Gasteiger partial charge in [-0.3, -0.25) is 4.79 Å². The molecule has 1 atom stereocenters. The van der Waals surface area contributed by atoms with Gasteiger partial charge in [0.15, 0.2) is 0 Å². The Hall–Kier alpha value is -0.920. The van der Waals surface area contributed by atoms with E-state index in [0.717, 1.165) is 0 Å². The SMILES string of the molecule is CC(C)(C)C(NS(=O)(=O)c1cccc(Br)c1)C(N)=O. The van der Waals surface area contributed by atoms with Gasteiger partial charge in [0.05, 0.1) is 4.90 Å². The fourth-order valence-electron chi connectivity index (χ4n) is 1.52. The Kier molecular flexibility index (Phi) is 4.76. The van der Waals surface area contributed by atoms with Gasteiger partial charge >= 0.3 is 0 Å². The third-order valence-corrected chi connectivity index (χ3v) is 4.44. The molecule has 0 aromatic heterocycles. The second kappa shape index (κ2) is 5.60. The number of amides is 1. The zero-order valence-electron chi connectivity index (χ0n) is 11.0. The summed E-state index contributed by atoms with van der Waals surface area (Å²) < 4.78 is 27.4. The Balaban J connectivity index is 3.12. The maximum absolute atomic E-state index is 12.2. The number of primary amides is 1. The van der Waals surface area contributed by atoms with Crippen molar-refractivity contribution in [2.45, 2.75) is 31.7 Å². The Morgan fingerprint density at radius 3 is 2.37 bits per heavy atom. The van der Waals surface area contributed by atoms with Crippen molar-refractivity contribution in [3.05, 3.63) is 28.7 Å². The Morgan fingerprint density at radius 2 is 1.95 bits per heavy atom. The zero-order chi connectivity index (χ0) is 14.8. The molecule has 5 nitrogen and oxygen atoms in total. The summed E-state index contributed by atoms with van der Waals surface area (Å²) in [6, 6.07) is 5.26. The number of nitrogens with one attached hydrogen (secondary N) is 1. The normalized spacial score (nSPS) is 14.1. The van der Waals surface area contributed by atoms with Crippen LogP contribution in [0.4, 0.5) is 0 Å². The minimum absolute atomic E-state index is 0.0809. The summed E-state index contributed by atoms with van der Waals surface area (Å²) in [5, 5.41) is 0. The first-order chi connectivity index (χ1) is 8.54. The van der Waals surface area contributed by atoms with Crippen LogP contribution in [0.3, 0.4) is 0 Å². The van der Waals surface area contributed by atoms with Crippen molar-refractivity contribution in [3.63, 3.8) is 0 Å².